The minimum absolute atomic E-state index is 0.0528. The Balaban J connectivity index is 2.19. The molecule has 1 aromatic carbocycles. The Hall–Kier alpha value is -0.980. The molecule has 0 aromatic heterocycles. The minimum atomic E-state index is -3.59. The van der Waals surface area contributed by atoms with Crippen LogP contribution in [0.15, 0.2) is 29.2 Å². The van der Waals surface area contributed by atoms with E-state index >= 15 is 0 Å². The van der Waals surface area contributed by atoms with Crippen molar-refractivity contribution in [2.45, 2.75) is 23.8 Å². The van der Waals surface area contributed by atoms with Crippen LogP contribution in [-0.4, -0.2) is 36.5 Å². The van der Waals surface area contributed by atoms with Crippen LogP contribution in [0.1, 0.15) is 13.3 Å². The fraction of sp³-hybridized carbons (Fsp3) is 0.455. The molecule has 0 radical (unpaired) electrons. The molecule has 0 saturated carbocycles. The Bertz CT molecular complexity index is 506. The van der Waals surface area contributed by atoms with E-state index < -0.39 is 21.4 Å². The lowest BCUT2D eigenvalue weighted by molar-refractivity contribution is -0.0613. The molecule has 6 heteroatoms. The maximum Gasteiger partial charge on any atom is 0.243 e. The highest BCUT2D eigenvalue weighted by atomic mass is 32.2. The minimum Gasteiger partial charge on any atom is -0.387 e. The molecule has 4 nitrogen and oxygen atoms in total. The van der Waals surface area contributed by atoms with Crippen LogP contribution in [-0.2, 0) is 10.0 Å². The second-order valence-corrected chi connectivity index (χ2v) is 6.24. The van der Waals surface area contributed by atoms with Gasteiger partial charge in [0, 0.05) is 13.1 Å². The van der Waals surface area contributed by atoms with E-state index in [4.69, 9.17) is 0 Å². The Labute approximate surface area is 99.7 Å². The quantitative estimate of drug-likeness (QED) is 0.880. The van der Waals surface area contributed by atoms with Gasteiger partial charge in [-0.05, 0) is 30.7 Å². The zero-order valence-electron chi connectivity index (χ0n) is 9.43. The Kier molecular flexibility index (Phi) is 2.97. The highest BCUT2D eigenvalue weighted by molar-refractivity contribution is 7.89. The van der Waals surface area contributed by atoms with Crippen molar-refractivity contribution in [2.24, 2.45) is 0 Å². The van der Waals surface area contributed by atoms with Gasteiger partial charge in [-0.2, -0.15) is 4.31 Å². The van der Waals surface area contributed by atoms with E-state index in [1.165, 1.54) is 16.4 Å². The molecule has 1 fully saturated rings. The Morgan fingerprint density at radius 2 is 1.88 bits per heavy atom. The maximum absolute atomic E-state index is 12.7. The molecule has 94 valence electrons. The highest BCUT2D eigenvalue weighted by Crippen LogP contribution is 2.30. The van der Waals surface area contributed by atoms with E-state index in [1.807, 2.05) is 6.92 Å². The van der Waals surface area contributed by atoms with Crippen LogP contribution >= 0.6 is 0 Å². The first-order valence-corrected chi connectivity index (χ1v) is 6.79. The predicted octanol–water partition coefficient (Wildman–Crippen LogP) is 0.971. The molecular formula is C11H14FNO3S. The third kappa shape index (κ3) is 2.20. The van der Waals surface area contributed by atoms with Crippen molar-refractivity contribution < 1.29 is 17.9 Å². The van der Waals surface area contributed by atoms with Crippen molar-refractivity contribution in [3.8, 4) is 0 Å². The molecule has 17 heavy (non-hydrogen) atoms. The summed E-state index contributed by atoms with van der Waals surface area (Å²) in [6.07, 6.45) is 0.516. The number of benzene rings is 1. The number of hydrogen-bond acceptors (Lipinski definition) is 3. The molecule has 0 bridgehead atoms. The summed E-state index contributed by atoms with van der Waals surface area (Å²) in [7, 11) is -3.59. The van der Waals surface area contributed by atoms with E-state index in [1.54, 1.807) is 0 Å². The van der Waals surface area contributed by atoms with Crippen LogP contribution in [0.5, 0.6) is 0 Å². The van der Waals surface area contributed by atoms with E-state index in [9.17, 15) is 17.9 Å². The summed E-state index contributed by atoms with van der Waals surface area (Å²) in [4.78, 5) is 0.0528. The molecule has 0 unspecified atom stereocenters. The average Bonchev–Trinajstić information content (AvgIpc) is 2.25. The van der Waals surface area contributed by atoms with Crippen molar-refractivity contribution in [3.63, 3.8) is 0 Å². The molecule has 2 rings (SSSR count). The highest BCUT2D eigenvalue weighted by Gasteiger charge is 2.45. The summed E-state index contributed by atoms with van der Waals surface area (Å²) in [5.41, 5.74) is -0.910. The lowest BCUT2D eigenvalue weighted by Crippen LogP contribution is -2.62. The molecular weight excluding hydrogens is 245 g/mol. The van der Waals surface area contributed by atoms with Gasteiger partial charge in [-0.15, -0.1) is 0 Å². The van der Waals surface area contributed by atoms with E-state index in [0.29, 0.717) is 6.42 Å². The van der Waals surface area contributed by atoms with Crippen molar-refractivity contribution in [1.82, 2.24) is 4.31 Å². The second-order valence-electron chi connectivity index (χ2n) is 4.30. The van der Waals surface area contributed by atoms with Crippen molar-refractivity contribution in [3.05, 3.63) is 30.1 Å². The molecule has 0 spiro atoms. The first kappa shape index (κ1) is 12.5. The number of halogens is 1. The van der Waals surface area contributed by atoms with Gasteiger partial charge >= 0.3 is 0 Å². The molecule has 0 amide bonds. The van der Waals surface area contributed by atoms with Crippen LogP contribution in [0, 0.1) is 5.82 Å². The Morgan fingerprint density at radius 3 is 2.35 bits per heavy atom. The molecule has 0 aliphatic carbocycles. The van der Waals surface area contributed by atoms with Crippen LogP contribution < -0.4 is 0 Å². The fourth-order valence-electron chi connectivity index (χ4n) is 1.76. The van der Waals surface area contributed by atoms with Crippen molar-refractivity contribution >= 4 is 10.0 Å². The largest absolute Gasteiger partial charge is 0.387 e. The molecule has 1 heterocycles. The van der Waals surface area contributed by atoms with E-state index in [-0.39, 0.29) is 18.0 Å². The summed E-state index contributed by atoms with van der Waals surface area (Å²) in [6, 6.07) is 4.68. The topological polar surface area (TPSA) is 57.6 Å². The monoisotopic (exact) mass is 259 g/mol. The Morgan fingerprint density at radius 1 is 1.35 bits per heavy atom. The van der Waals surface area contributed by atoms with Crippen LogP contribution in [0.3, 0.4) is 0 Å². The standard InChI is InChI=1S/C11H14FNO3S/c1-2-11(14)7-13(8-11)17(15,16)10-5-3-9(12)4-6-10/h3-6,14H,2,7-8H2,1H3. The van der Waals surface area contributed by atoms with E-state index in [0.717, 1.165) is 12.1 Å². The summed E-state index contributed by atoms with van der Waals surface area (Å²) in [5, 5.41) is 9.78. The number of rotatable bonds is 3. The SMILES string of the molecule is CCC1(O)CN(S(=O)(=O)c2ccc(F)cc2)C1. The van der Waals surface area contributed by atoms with Gasteiger partial charge in [0.2, 0.25) is 10.0 Å². The number of aliphatic hydroxyl groups is 1. The summed E-state index contributed by atoms with van der Waals surface area (Å²) < 4.78 is 37.9. The van der Waals surface area contributed by atoms with Crippen molar-refractivity contribution in [1.29, 1.82) is 0 Å². The maximum atomic E-state index is 12.7. The zero-order valence-corrected chi connectivity index (χ0v) is 10.2. The number of nitrogens with zero attached hydrogens (tertiary/aromatic N) is 1. The van der Waals surface area contributed by atoms with Gasteiger partial charge in [0.05, 0.1) is 10.5 Å². The lowest BCUT2D eigenvalue weighted by Gasteiger charge is -2.44. The van der Waals surface area contributed by atoms with Crippen LogP contribution in [0.25, 0.3) is 0 Å². The molecule has 1 aliphatic heterocycles. The zero-order chi connectivity index (χ0) is 12.7. The van der Waals surface area contributed by atoms with Gasteiger partial charge in [0.15, 0.2) is 0 Å². The molecule has 1 aromatic rings. The second kappa shape index (κ2) is 4.04. The smallest absolute Gasteiger partial charge is 0.243 e. The lowest BCUT2D eigenvalue weighted by atomic mass is 9.94. The average molecular weight is 259 g/mol. The predicted molar refractivity (Wildman–Crippen MR) is 60.4 cm³/mol. The summed E-state index contributed by atoms with van der Waals surface area (Å²) >= 11 is 0. The van der Waals surface area contributed by atoms with Crippen molar-refractivity contribution in [2.75, 3.05) is 13.1 Å². The molecule has 0 atom stereocenters. The van der Waals surface area contributed by atoms with Gasteiger partial charge in [0.25, 0.3) is 0 Å². The van der Waals surface area contributed by atoms with Gasteiger partial charge in [-0.25, -0.2) is 12.8 Å². The number of sulfonamides is 1. The first-order valence-electron chi connectivity index (χ1n) is 5.35. The third-order valence-electron chi connectivity index (χ3n) is 3.05. The molecule has 1 N–H and O–H groups in total. The van der Waals surface area contributed by atoms with Gasteiger partial charge < -0.3 is 5.11 Å². The number of β-amino-alcohol motifs (C(OH)–C–C–N with tert-alkyl or cyclic N) is 1. The van der Waals surface area contributed by atoms with Gasteiger partial charge in [0.1, 0.15) is 5.82 Å². The number of hydrogen-bond donors (Lipinski definition) is 1. The molecule has 1 saturated heterocycles. The van der Waals surface area contributed by atoms with E-state index in [2.05, 4.69) is 0 Å². The van der Waals surface area contributed by atoms with Gasteiger partial charge in [-0.3, -0.25) is 0 Å². The first-order chi connectivity index (χ1) is 7.87. The fourth-order valence-corrected chi connectivity index (χ4v) is 3.36. The normalized spacial score (nSPS) is 19.9. The third-order valence-corrected chi connectivity index (χ3v) is 4.86. The summed E-state index contributed by atoms with van der Waals surface area (Å²) in [5.74, 6) is -0.474. The van der Waals surface area contributed by atoms with Crippen LogP contribution in [0.2, 0.25) is 0 Å². The van der Waals surface area contributed by atoms with Crippen LogP contribution in [0.4, 0.5) is 4.39 Å². The molecule has 1 aliphatic rings. The van der Waals surface area contributed by atoms with Gasteiger partial charge in [-0.1, -0.05) is 6.92 Å². The summed E-state index contributed by atoms with van der Waals surface area (Å²) in [6.45, 7) is 2.01.